The fourth-order valence-corrected chi connectivity index (χ4v) is 3.61. The highest BCUT2D eigenvalue weighted by Gasteiger charge is 2.20. The zero-order valence-corrected chi connectivity index (χ0v) is 18.2. The Morgan fingerprint density at radius 2 is 1.61 bits per heavy atom. The molecule has 0 spiro atoms. The molecule has 0 radical (unpaired) electrons. The SMILES string of the molecule is CCCCCCNC(=O)c1ccc(S(=O)(=O)NC(=O)c2ccc(C(=O)OC)nc2)cc1. The Bertz CT molecular complexity index is 1020. The number of amides is 2. The zero-order chi connectivity index (χ0) is 22.9. The lowest BCUT2D eigenvalue weighted by molar-refractivity contribution is 0.0593. The predicted molar refractivity (Wildman–Crippen MR) is 113 cm³/mol. The number of nitrogens with one attached hydrogen (secondary N) is 2. The number of methoxy groups -OCH3 is 1. The first-order valence-electron chi connectivity index (χ1n) is 9.78. The number of unbranched alkanes of at least 4 members (excludes halogenated alkanes) is 3. The Labute approximate surface area is 181 Å². The standard InChI is InChI=1S/C21H25N3O6S/c1-3-4-5-6-13-22-19(25)15-7-10-17(11-8-15)31(28,29)24-20(26)16-9-12-18(23-14-16)21(27)30-2/h7-12,14H,3-6,13H2,1-2H3,(H,22,25)(H,24,26). The second-order valence-corrected chi connectivity index (χ2v) is 8.38. The van der Waals surface area contributed by atoms with E-state index in [1.54, 1.807) is 0 Å². The normalized spacial score (nSPS) is 10.9. The molecular weight excluding hydrogens is 422 g/mol. The minimum absolute atomic E-state index is 0.0128. The smallest absolute Gasteiger partial charge is 0.356 e. The molecule has 0 saturated carbocycles. The molecule has 0 saturated heterocycles. The number of aromatic nitrogens is 1. The lowest BCUT2D eigenvalue weighted by Crippen LogP contribution is -2.31. The van der Waals surface area contributed by atoms with Gasteiger partial charge in [0.15, 0.2) is 0 Å². The summed E-state index contributed by atoms with van der Waals surface area (Å²) in [5.74, 6) is -1.87. The van der Waals surface area contributed by atoms with Gasteiger partial charge >= 0.3 is 5.97 Å². The van der Waals surface area contributed by atoms with Crippen LogP contribution in [0.1, 0.15) is 63.8 Å². The van der Waals surface area contributed by atoms with Crippen molar-refractivity contribution in [2.24, 2.45) is 0 Å². The Morgan fingerprint density at radius 1 is 0.935 bits per heavy atom. The summed E-state index contributed by atoms with van der Waals surface area (Å²) < 4.78 is 31.4. The molecule has 2 N–H and O–H groups in total. The van der Waals surface area contributed by atoms with Crippen molar-refractivity contribution < 1.29 is 27.5 Å². The van der Waals surface area contributed by atoms with Crippen molar-refractivity contribution in [1.29, 1.82) is 0 Å². The number of ether oxygens (including phenoxy) is 1. The van der Waals surface area contributed by atoms with E-state index < -0.39 is 21.9 Å². The van der Waals surface area contributed by atoms with Crippen molar-refractivity contribution >= 4 is 27.8 Å². The van der Waals surface area contributed by atoms with Crippen LogP contribution >= 0.6 is 0 Å². The summed E-state index contributed by atoms with van der Waals surface area (Å²) >= 11 is 0. The third-order valence-electron chi connectivity index (χ3n) is 4.39. The zero-order valence-electron chi connectivity index (χ0n) is 17.4. The molecule has 10 heteroatoms. The fourth-order valence-electron chi connectivity index (χ4n) is 2.63. The Morgan fingerprint density at radius 3 is 2.19 bits per heavy atom. The quantitative estimate of drug-likeness (QED) is 0.422. The van der Waals surface area contributed by atoms with Crippen molar-refractivity contribution in [3.8, 4) is 0 Å². The number of carbonyl (C=O) groups is 3. The van der Waals surface area contributed by atoms with Crippen molar-refractivity contribution in [1.82, 2.24) is 15.0 Å². The van der Waals surface area contributed by atoms with Gasteiger partial charge in [0.1, 0.15) is 5.69 Å². The molecule has 0 atom stereocenters. The number of nitrogens with zero attached hydrogens (tertiary/aromatic N) is 1. The van der Waals surface area contributed by atoms with Gasteiger partial charge in [-0.15, -0.1) is 0 Å². The average molecular weight is 448 g/mol. The van der Waals surface area contributed by atoms with E-state index in [1.807, 2.05) is 4.72 Å². The van der Waals surface area contributed by atoms with Crippen molar-refractivity contribution in [3.63, 3.8) is 0 Å². The highest BCUT2D eigenvalue weighted by Crippen LogP contribution is 2.12. The molecule has 0 aliphatic carbocycles. The van der Waals surface area contributed by atoms with Gasteiger partial charge in [0.25, 0.3) is 21.8 Å². The van der Waals surface area contributed by atoms with E-state index in [1.165, 1.54) is 43.5 Å². The Hall–Kier alpha value is -3.27. The minimum Gasteiger partial charge on any atom is -0.464 e. The van der Waals surface area contributed by atoms with Gasteiger partial charge in [-0.2, -0.15) is 0 Å². The first kappa shape index (κ1) is 24.0. The molecule has 2 rings (SSSR count). The van der Waals surface area contributed by atoms with Crippen LogP contribution < -0.4 is 10.0 Å². The van der Waals surface area contributed by atoms with Crippen LogP contribution in [0.4, 0.5) is 0 Å². The molecular formula is C21H25N3O6S. The van der Waals surface area contributed by atoms with Gasteiger partial charge < -0.3 is 10.1 Å². The maximum absolute atomic E-state index is 12.5. The maximum atomic E-state index is 12.5. The predicted octanol–water partition coefficient (Wildman–Crippen LogP) is 2.30. The van der Waals surface area contributed by atoms with Crippen LogP contribution in [0.2, 0.25) is 0 Å². The van der Waals surface area contributed by atoms with Crippen LogP contribution in [-0.4, -0.2) is 44.8 Å². The summed E-state index contributed by atoms with van der Waals surface area (Å²) in [6.45, 7) is 2.66. The molecule has 1 aromatic heterocycles. The van der Waals surface area contributed by atoms with Crippen LogP contribution in [0.5, 0.6) is 0 Å². The van der Waals surface area contributed by atoms with E-state index in [0.29, 0.717) is 12.1 Å². The Kier molecular flexibility index (Phi) is 8.68. The van der Waals surface area contributed by atoms with Crippen molar-refractivity contribution in [2.75, 3.05) is 13.7 Å². The summed E-state index contributed by atoms with van der Waals surface area (Å²) in [7, 11) is -2.96. The van der Waals surface area contributed by atoms with Crippen LogP contribution in [-0.2, 0) is 14.8 Å². The molecule has 2 amide bonds. The molecule has 166 valence electrons. The first-order chi connectivity index (χ1) is 14.8. The number of hydrogen-bond acceptors (Lipinski definition) is 7. The molecule has 9 nitrogen and oxygen atoms in total. The molecule has 1 heterocycles. The molecule has 0 unspecified atom stereocenters. The largest absolute Gasteiger partial charge is 0.464 e. The lowest BCUT2D eigenvalue weighted by Gasteiger charge is -2.09. The van der Waals surface area contributed by atoms with Gasteiger partial charge in [0.2, 0.25) is 0 Å². The van der Waals surface area contributed by atoms with E-state index in [4.69, 9.17) is 0 Å². The molecule has 0 aliphatic rings. The number of pyridine rings is 1. The van der Waals surface area contributed by atoms with Crippen LogP contribution in [0, 0.1) is 0 Å². The van der Waals surface area contributed by atoms with Gasteiger partial charge in [-0.3, -0.25) is 9.59 Å². The second kappa shape index (κ2) is 11.2. The monoisotopic (exact) mass is 447 g/mol. The maximum Gasteiger partial charge on any atom is 0.356 e. The third kappa shape index (κ3) is 6.88. The fraction of sp³-hybridized carbons (Fsp3) is 0.333. The van der Waals surface area contributed by atoms with E-state index in [-0.39, 0.29) is 22.1 Å². The topological polar surface area (TPSA) is 132 Å². The van der Waals surface area contributed by atoms with E-state index in [9.17, 15) is 22.8 Å². The van der Waals surface area contributed by atoms with Crippen molar-refractivity contribution in [2.45, 2.75) is 37.5 Å². The average Bonchev–Trinajstić information content (AvgIpc) is 2.78. The van der Waals surface area contributed by atoms with E-state index in [0.717, 1.165) is 31.9 Å². The minimum atomic E-state index is -4.16. The lowest BCUT2D eigenvalue weighted by atomic mass is 10.2. The van der Waals surface area contributed by atoms with Crippen molar-refractivity contribution in [3.05, 3.63) is 59.4 Å². The van der Waals surface area contributed by atoms with Crippen LogP contribution in [0.3, 0.4) is 0 Å². The first-order valence-corrected chi connectivity index (χ1v) is 11.3. The van der Waals surface area contributed by atoms with E-state index in [2.05, 4.69) is 22.0 Å². The summed E-state index contributed by atoms with van der Waals surface area (Å²) in [6.07, 6.45) is 5.21. The second-order valence-electron chi connectivity index (χ2n) is 6.70. The number of sulfonamides is 1. The third-order valence-corrected chi connectivity index (χ3v) is 5.74. The molecule has 0 bridgehead atoms. The highest BCUT2D eigenvalue weighted by molar-refractivity contribution is 7.90. The van der Waals surface area contributed by atoms with Gasteiger partial charge in [-0.05, 0) is 42.8 Å². The number of esters is 1. The molecule has 2 aromatic rings. The number of benzene rings is 1. The van der Waals surface area contributed by atoms with E-state index >= 15 is 0 Å². The summed E-state index contributed by atoms with van der Waals surface area (Å²) in [4.78, 5) is 39.3. The number of hydrogen-bond donors (Lipinski definition) is 2. The summed E-state index contributed by atoms with van der Waals surface area (Å²) in [5, 5.41) is 2.79. The van der Waals surface area contributed by atoms with Crippen LogP contribution in [0.15, 0.2) is 47.5 Å². The number of carbonyl (C=O) groups excluding carboxylic acids is 3. The molecule has 1 aromatic carbocycles. The molecule has 0 aliphatic heterocycles. The molecule has 0 fully saturated rings. The van der Waals surface area contributed by atoms with Gasteiger partial charge in [-0.1, -0.05) is 26.2 Å². The van der Waals surface area contributed by atoms with Gasteiger partial charge in [0, 0.05) is 18.3 Å². The van der Waals surface area contributed by atoms with Gasteiger partial charge in [0.05, 0.1) is 17.6 Å². The molecule has 31 heavy (non-hydrogen) atoms. The highest BCUT2D eigenvalue weighted by atomic mass is 32.2. The van der Waals surface area contributed by atoms with Gasteiger partial charge in [-0.25, -0.2) is 22.9 Å². The number of rotatable bonds is 10. The summed E-state index contributed by atoms with van der Waals surface area (Å²) in [5.41, 5.74) is 0.264. The summed E-state index contributed by atoms with van der Waals surface area (Å²) in [6, 6.07) is 7.78. The van der Waals surface area contributed by atoms with Crippen LogP contribution in [0.25, 0.3) is 0 Å². The Balaban J connectivity index is 1.99.